The highest BCUT2D eigenvalue weighted by atomic mass is 35.5. The molecule has 4 aromatic rings. The summed E-state index contributed by atoms with van der Waals surface area (Å²) in [5, 5.41) is 0.345. The molecule has 3 aliphatic heterocycles. The first-order valence-electron chi connectivity index (χ1n) is 15.1. The Bertz CT molecular complexity index is 1710. The minimum Gasteiger partial charge on any atom is -0.485 e. The molecule has 7 rings (SSSR count). The van der Waals surface area contributed by atoms with Gasteiger partial charge in [-0.2, -0.15) is 0 Å². The van der Waals surface area contributed by atoms with Crippen LogP contribution in [0.2, 0.25) is 5.02 Å². The van der Waals surface area contributed by atoms with Crippen LogP contribution in [0.1, 0.15) is 59.4 Å². The average molecular weight is 620 g/mol. The number of benzene rings is 3. The molecule has 1 aromatic heterocycles. The van der Waals surface area contributed by atoms with Crippen LogP contribution in [0, 0.1) is 5.82 Å². The minimum absolute atomic E-state index is 0.150. The Morgan fingerprint density at radius 1 is 1.14 bits per heavy atom. The fourth-order valence-electron chi connectivity index (χ4n) is 6.57. The van der Waals surface area contributed by atoms with Crippen molar-refractivity contribution in [3.8, 4) is 11.5 Å². The van der Waals surface area contributed by atoms with Gasteiger partial charge in [-0.3, -0.25) is 4.90 Å². The van der Waals surface area contributed by atoms with E-state index >= 15 is 0 Å². The van der Waals surface area contributed by atoms with Crippen molar-refractivity contribution >= 4 is 28.6 Å². The van der Waals surface area contributed by atoms with Crippen molar-refractivity contribution in [1.82, 2.24) is 14.5 Å². The van der Waals surface area contributed by atoms with Crippen molar-refractivity contribution < 1.29 is 28.1 Å². The zero-order valence-corrected chi connectivity index (χ0v) is 25.6. The van der Waals surface area contributed by atoms with Crippen LogP contribution in [-0.2, 0) is 28.2 Å². The second-order valence-corrected chi connectivity index (χ2v) is 12.5. The van der Waals surface area contributed by atoms with Crippen molar-refractivity contribution in [1.29, 1.82) is 0 Å². The molecule has 0 unspecified atom stereocenters. The largest absolute Gasteiger partial charge is 0.485 e. The van der Waals surface area contributed by atoms with Gasteiger partial charge in [0.1, 0.15) is 18.2 Å². The van der Waals surface area contributed by atoms with Crippen molar-refractivity contribution in [2.45, 2.75) is 56.9 Å². The molecular formula is C34H35ClFN3O5. The lowest BCUT2D eigenvalue weighted by atomic mass is 9.87. The number of fused-ring (bicyclic) bond motifs is 2. The molecule has 44 heavy (non-hydrogen) atoms. The monoisotopic (exact) mass is 619 g/mol. The molecule has 2 fully saturated rings. The van der Waals surface area contributed by atoms with Gasteiger partial charge >= 0.3 is 5.97 Å². The van der Waals surface area contributed by atoms with E-state index in [0.717, 1.165) is 61.4 Å². The smallest absolute Gasteiger partial charge is 0.337 e. The number of hydrogen-bond donors (Lipinski definition) is 0. The second kappa shape index (κ2) is 11.7. The van der Waals surface area contributed by atoms with E-state index in [2.05, 4.69) is 15.5 Å². The Balaban J connectivity index is 1.09. The maximum absolute atomic E-state index is 14.9. The number of carbonyl (C=O) groups excluding carboxylic acids is 1. The molecule has 0 saturated carbocycles. The lowest BCUT2D eigenvalue weighted by molar-refractivity contribution is -0.0592. The highest BCUT2D eigenvalue weighted by molar-refractivity contribution is 6.30. The molecule has 0 radical (unpaired) electrons. The number of aromatic nitrogens is 2. The number of carbonyl (C=O) groups is 1. The van der Waals surface area contributed by atoms with Gasteiger partial charge in [-0.15, -0.1) is 0 Å². The summed E-state index contributed by atoms with van der Waals surface area (Å²) < 4.78 is 40.6. The fourth-order valence-corrected chi connectivity index (χ4v) is 6.73. The number of halogens is 2. The first-order valence-corrected chi connectivity index (χ1v) is 15.5. The minimum atomic E-state index is -0.977. The molecule has 0 bridgehead atoms. The third-order valence-corrected chi connectivity index (χ3v) is 9.40. The summed E-state index contributed by atoms with van der Waals surface area (Å²) in [6.45, 7) is 6.00. The molecule has 0 spiro atoms. The number of hydrogen-bond acceptors (Lipinski definition) is 7. The van der Waals surface area contributed by atoms with Crippen LogP contribution in [0.4, 0.5) is 4.39 Å². The standard InChI is InChI=1S/C34H35ClFN3O5/c1-34(26-8-7-23(35)17-27(26)36)20-43-30-5-3-4-25(32(30)44-34)21-10-13-38(14-11-21)19-31-37-28-9-6-22(33(40)41-2)16-29(28)39(31)18-24-12-15-42-24/h3-9,16-17,21,24H,10-15,18-20H2,1-2H3/t24-,34+/m0/s1. The van der Waals surface area contributed by atoms with E-state index in [1.807, 2.05) is 31.2 Å². The quantitative estimate of drug-likeness (QED) is 0.220. The van der Waals surface area contributed by atoms with Crippen LogP contribution in [0.25, 0.3) is 11.0 Å². The molecule has 3 aliphatic rings. The van der Waals surface area contributed by atoms with E-state index in [-0.39, 0.29) is 24.6 Å². The SMILES string of the molecule is COC(=O)c1ccc2nc(CN3CCC(c4cccc5c4O[C@@](C)(c4ccc(Cl)cc4F)CO5)CC3)n(C[C@@H]3CCO3)c2c1. The molecule has 4 heterocycles. The van der Waals surface area contributed by atoms with Gasteiger partial charge < -0.3 is 23.5 Å². The van der Waals surface area contributed by atoms with Crippen LogP contribution in [0.15, 0.2) is 54.6 Å². The lowest BCUT2D eigenvalue weighted by Gasteiger charge is -2.39. The van der Waals surface area contributed by atoms with Crippen molar-refractivity contribution in [2.24, 2.45) is 0 Å². The summed E-state index contributed by atoms with van der Waals surface area (Å²) in [4.78, 5) is 19.6. The third-order valence-electron chi connectivity index (χ3n) is 9.16. The van der Waals surface area contributed by atoms with E-state index in [4.69, 9.17) is 35.5 Å². The normalized spacial score (nSPS) is 22.1. The van der Waals surface area contributed by atoms with Crippen molar-refractivity contribution in [3.63, 3.8) is 0 Å². The topological polar surface area (TPSA) is 75.0 Å². The molecule has 10 heteroatoms. The Morgan fingerprint density at radius 2 is 1.95 bits per heavy atom. The Kier molecular flexibility index (Phi) is 7.72. The van der Waals surface area contributed by atoms with Crippen molar-refractivity contribution in [3.05, 3.63) is 88.0 Å². The summed E-state index contributed by atoms with van der Waals surface area (Å²) in [5.74, 6) is 1.85. The number of imidazole rings is 1. The predicted octanol–water partition coefficient (Wildman–Crippen LogP) is 6.47. The van der Waals surface area contributed by atoms with Gasteiger partial charge in [-0.25, -0.2) is 14.2 Å². The second-order valence-electron chi connectivity index (χ2n) is 12.1. The zero-order valence-electron chi connectivity index (χ0n) is 24.9. The molecule has 2 atom stereocenters. The van der Waals surface area contributed by atoms with E-state index < -0.39 is 11.4 Å². The highest BCUT2D eigenvalue weighted by Gasteiger charge is 2.39. The Morgan fingerprint density at radius 3 is 2.68 bits per heavy atom. The molecule has 8 nitrogen and oxygen atoms in total. The average Bonchev–Trinajstić information content (AvgIpc) is 3.34. The van der Waals surface area contributed by atoms with Crippen molar-refractivity contribution in [2.75, 3.05) is 33.4 Å². The Hall–Kier alpha value is -3.66. The summed E-state index contributed by atoms with van der Waals surface area (Å²) >= 11 is 6.01. The van der Waals surface area contributed by atoms with Crippen LogP contribution in [0.3, 0.4) is 0 Å². The van der Waals surface area contributed by atoms with Gasteiger partial charge in [-0.1, -0.05) is 29.8 Å². The van der Waals surface area contributed by atoms with Crippen LogP contribution >= 0.6 is 11.6 Å². The predicted molar refractivity (Wildman–Crippen MR) is 164 cm³/mol. The molecule has 2 saturated heterocycles. The fraction of sp³-hybridized carbons (Fsp3) is 0.412. The number of nitrogens with zero attached hydrogens (tertiary/aromatic N) is 3. The molecule has 0 amide bonds. The molecular weight excluding hydrogens is 585 g/mol. The van der Waals surface area contributed by atoms with Gasteiger partial charge in [0.2, 0.25) is 0 Å². The number of piperidine rings is 1. The Labute approximate surface area is 260 Å². The summed E-state index contributed by atoms with van der Waals surface area (Å²) in [5.41, 5.74) is 2.82. The van der Waals surface area contributed by atoms with Gasteiger partial charge in [0, 0.05) is 22.8 Å². The zero-order chi connectivity index (χ0) is 30.4. The molecule has 3 aromatic carbocycles. The molecule has 230 valence electrons. The highest BCUT2D eigenvalue weighted by Crippen LogP contribution is 2.46. The maximum Gasteiger partial charge on any atom is 0.337 e. The first kappa shape index (κ1) is 29.1. The van der Waals surface area contributed by atoms with E-state index in [9.17, 15) is 9.18 Å². The van der Waals surface area contributed by atoms with Crippen LogP contribution < -0.4 is 9.47 Å². The van der Waals surface area contributed by atoms with Gasteiger partial charge in [-0.05, 0) is 81.6 Å². The van der Waals surface area contributed by atoms with Gasteiger partial charge in [0.25, 0.3) is 0 Å². The molecule has 0 N–H and O–H groups in total. The third kappa shape index (κ3) is 5.42. The number of rotatable bonds is 7. The number of esters is 1. The summed E-state index contributed by atoms with van der Waals surface area (Å²) in [7, 11) is 1.39. The molecule has 0 aliphatic carbocycles. The number of para-hydroxylation sites is 1. The van der Waals surface area contributed by atoms with E-state index in [1.54, 1.807) is 18.2 Å². The van der Waals surface area contributed by atoms with Gasteiger partial charge in [0.05, 0.1) is 42.9 Å². The maximum atomic E-state index is 14.9. The van der Waals surface area contributed by atoms with Crippen LogP contribution in [0.5, 0.6) is 11.5 Å². The van der Waals surface area contributed by atoms with Crippen LogP contribution in [-0.4, -0.2) is 59.9 Å². The summed E-state index contributed by atoms with van der Waals surface area (Å²) in [6.07, 6.45) is 3.03. The summed E-state index contributed by atoms with van der Waals surface area (Å²) in [6, 6.07) is 16.2. The first-order chi connectivity index (χ1) is 21.3. The lowest BCUT2D eigenvalue weighted by Crippen LogP contribution is -2.41. The number of ether oxygens (including phenoxy) is 4. The van der Waals surface area contributed by atoms with E-state index in [0.29, 0.717) is 40.7 Å². The number of methoxy groups -OCH3 is 1. The number of likely N-dealkylation sites (tertiary alicyclic amines) is 1. The van der Waals surface area contributed by atoms with Gasteiger partial charge in [0.15, 0.2) is 17.1 Å². The van der Waals surface area contributed by atoms with E-state index in [1.165, 1.54) is 13.2 Å².